The van der Waals surface area contributed by atoms with Crippen molar-refractivity contribution >= 4 is 34.8 Å². The maximum absolute atomic E-state index is 14.8. The summed E-state index contributed by atoms with van der Waals surface area (Å²) >= 11 is 6.14. The minimum atomic E-state index is -4.23. The van der Waals surface area contributed by atoms with E-state index in [1.165, 1.54) is 18.2 Å². The predicted molar refractivity (Wildman–Crippen MR) is 131 cm³/mol. The number of carbonyl (C=O) groups is 2. The van der Waals surface area contributed by atoms with Gasteiger partial charge >= 0.3 is 6.18 Å². The van der Waals surface area contributed by atoms with Crippen LogP contribution in [0.3, 0.4) is 0 Å². The molecule has 1 saturated heterocycles. The van der Waals surface area contributed by atoms with Gasteiger partial charge in [0.2, 0.25) is 0 Å². The molecule has 0 spiro atoms. The first-order valence-electron chi connectivity index (χ1n) is 12.0. The summed E-state index contributed by atoms with van der Waals surface area (Å²) in [6, 6.07) is 6.87. The van der Waals surface area contributed by atoms with Gasteiger partial charge in [-0.05, 0) is 37.1 Å². The van der Waals surface area contributed by atoms with Crippen molar-refractivity contribution in [3.05, 3.63) is 58.1 Å². The second kappa shape index (κ2) is 11.0. The standard InChI is InChI=1S/C25H26ClF5N4O3/c26-16-2-4-18(19(13-16)35-11-9-34(10-12-35)8-7-25(29,30)31)33-22(36)17-3-1-15(20(27)21(17)28)14-32-23(37)24(38)5-6-24/h1-4,13,38H,5-12,14H2,(H,32,37)(H,33,36). The Morgan fingerprint density at radius 3 is 2.34 bits per heavy atom. The van der Waals surface area contributed by atoms with Crippen LogP contribution in [0.5, 0.6) is 0 Å². The Morgan fingerprint density at radius 2 is 1.71 bits per heavy atom. The molecule has 1 aliphatic carbocycles. The summed E-state index contributed by atoms with van der Waals surface area (Å²) in [6.45, 7) is 1.01. The van der Waals surface area contributed by atoms with Crippen LogP contribution in [0.4, 0.5) is 33.3 Å². The summed E-state index contributed by atoms with van der Waals surface area (Å²) in [5, 5.41) is 15.0. The Hall–Kier alpha value is -2.96. The first-order chi connectivity index (χ1) is 17.9. The molecule has 0 bridgehead atoms. The minimum absolute atomic E-state index is 0.109. The fourth-order valence-electron chi connectivity index (χ4n) is 4.15. The molecule has 1 aliphatic heterocycles. The van der Waals surface area contributed by atoms with Crippen molar-refractivity contribution < 1.29 is 36.6 Å². The second-order valence-electron chi connectivity index (χ2n) is 9.42. The molecule has 38 heavy (non-hydrogen) atoms. The number of alkyl halides is 3. The molecule has 0 unspecified atom stereocenters. The van der Waals surface area contributed by atoms with Crippen LogP contribution in [-0.2, 0) is 11.3 Å². The van der Waals surface area contributed by atoms with E-state index in [0.717, 1.165) is 6.07 Å². The molecule has 2 aromatic carbocycles. The monoisotopic (exact) mass is 560 g/mol. The summed E-state index contributed by atoms with van der Waals surface area (Å²) in [6.07, 6.45) is -4.54. The maximum Gasteiger partial charge on any atom is 0.390 e. The van der Waals surface area contributed by atoms with Gasteiger partial charge in [-0.1, -0.05) is 17.7 Å². The molecule has 0 radical (unpaired) electrons. The lowest BCUT2D eigenvalue weighted by Crippen LogP contribution is -2.47. The van der Waals surface area contributed by atoms with E-state index in [9.17, 15) is 36.6 Å². The van der Waals surface area contributed by atoms with Crippen LogP contribution >= 0.6 is 11.6 Å². The number of carbonyl (C=O) groups excluding carboxylic acids is 2. The molecular formula is C25H26ClF5N4O3. The first-order valence-corrected chi connectivity index (χ1v) is 12.4. The summed E-state index contributed by atoms with van der Waals surface area (Å²) in [5.74, 6) is -4.28. The Kier molecular flexibility index (Phi) is 8.15. The average Bonchev–Trinajstić information content (AvgIpc) is 3.63. The number of nitrogens with one attached hydrogen (secondary N) is 2. The molecule has 1 heterocycles. The molecule has 13 heteroatoms. The van der Waals surface area contributed by atoms with Gasteiger partial charge in [-0.25, -0.2) is 8.78 Å². The van der Waals surface area contributed by atoms with Gasteiger partial charge in [0.25, 0.3) is 11.8 Å². The normalized spacial score (nSPS) is 17.3. The molecule has 0 aromatic heterocycles. The van der Waals surface area contributed by atoms with E-state index in [0.29, 0.717) is 49.7 Å². The Labute approximate surface area is 220 Å². The molecule has 206 valence electrons. The number of amides is 2. The topological polar surface area (TPSA) is 84.9 Å². The number of aliphatic hydroxyl groups is 1. The highest BCUT2D eigenvalue weighted by Crippen LogP contribution is 2.35. The van der Waals surface area contributed by atoms with Crippen molar-refractivity contribution in [1.29, 1.82) is 0 Å². The molecule has 2 aromatic rings. The van der Waals surface area contributed by atoms with Gasteiger partial charge in [0.1, 0.15) is 5.60 Å². The van der Waals surface area contributed by atoms with E-state index in [4.69, 9.17) is 11.6 Å². The molecule has 1 saturated carbocycles. The predicted octanol–water partition coefficient (Wildman–Crippen LogP) is 4.09. The van der Waals surface area contributed by atoms with Crippen LogP contribution < -0.4 is 15.5 Å². The van der Waals surface area contributed by atoms with E-state index in [1.54, 1.807) is 11.0 Å². The van der Waals surface area contributed by atoms with Gasteiger partial charge in [0.15, 0.2) is 11.6 Å². The molecule has 2 amide bonds. The highest BCUT2D eigenvalue weighted by atomic mass is 35.5. The third-order valence-corrected chi connectivity index (χ3v) is 6.86. The van der Waals surface area contributed by atoms with Gasteiger partial charge < -0.3 is 20.6 Å². The van der Waals surface area contributed by atoms with Crippen LogP contribution in [0.1, 0.15) is 35.2 Å². The number of halogens is 6. The van der Waals surface area contributed by atoms with Crippen molar-refractivity contribution in [1.82, 2.24) is 10.2 Å². The first kappa shape index (κ1) is 28.1. The Morgan fingerprint density at radius 1 is 1.03 bits per heavy atom. The van der Waals surface area contributed by atoms with E-state index in [2.05, 4.69) is 10.6 Å². The van der Waals surface area contributed by atoms with Gasteiger partial charge in [0.05, 0.1) is 23.4 Å². The van der Waals surface area contributed by atoms with E-state index in [1.807, 2.05) is 4.90 Å². The molecule has 4 rings (SSSR count). The quantitative estimate of drug-likeness (QED) is 0.424. The summed E-state index contributed by atoms with van der Waals surface area (Å²) in [5.41, 5.74) is -1.43. The summed E-state index contributed by atoms with van der Waals surface area (Å²) in [7, 11) is 0. The van der Waals surface area contributed by atoms with Crippen molar-refractivity contribution in [2.75, 3.05) is 42.9 Å². The molecule has 7 nitrogen and oxygen atoms in total. The Bertz CT molecular complexity index is 1210. The van der Waals surface area contributed by atoms with E-state index < -0.39 is 47.2 Å². The number of nitrogens with zero attached hydrogens (tertiary/aromatic N) is 2. The second-order valence-corrected chi connectivity index (χ2v) is 9.86. The zero-order chi connectivity index (χ0) is 27.7. The van der Waals surface area contributed by atoms with Crippen LogP contribution in [0.15, 0.2) is 30.3 Å². The molecular weight excluding hydrogens is 535 g/mol. The molecule has 0 atom stereocenters. The lowest BCUT2D eigenvalue weighted by Gasteiger charge is -2.37. The number of hydrogen-bond donors (Lipinski definition) is 3. The van der Waals surface area contributed by atoms with Crippen LogP contribution in [-0.4, -0.2) is 66.3 Å². The molecule has 2 fully saturated rings. The fraction of sp³-hybridized carbons (Fsp3) is 0.440. The van der Waals surface area contributed by atoms with Crippen molar-refractivity contribution in [2.24, 2.45) is 0 Å². The summed E-state index contributed by atoms with van der Waals surface area (Å²) < 4.78 is 67.0. The third-order valence-electron chi connectivity index (χ3n) is 6.63. The Balaban J connectivity index is 1.43. The van der Waals surface area contributed by atoms with Gasteiger partial charge in [0, 0.05) is 49.9 Å². The SMILES string of the molecule is O=C(Nc1ccc(Cl)cc1N1CCN(CCC(F)(F)F)CC1)c1ccc(CNC(=O)C2(O)CC2)c(F)c1F. The smallest absolute Gasteiger partial charge is 0.380 e. The van der Waals surface area contributed by atoms with E-state index in [-0.39, 0.29) is 24.3 Å². The highest BCUT2D eigenvalue weighted by Gasteiger charge is 2.47. The van der Waals surface area contributed by atoms with Crippen molar-refractivity contribution in [3.8, 4) is 0 Å². The zero-order valence-corrected chi connectivity index (χ0v) is 20.9. The largest absolute Gasteiger partial charge is 0.390 e. The van der Waals surface area contributed by atoms with Crippen LogP contribution in [0, 0.1) is 11.6 Å². The fourth-order valence-corrected chi connectivity index (χ4v) is 4.31. The third kappa shape index (κ3) is 6.72. The average molecular weight is 561 g/mol. The number of benzene rings is 2. The maximum atomic E-state index is 14.8. The van der Waals surface area contributed by atoms with Crippen LogP contribution in [0.25, 0.3) is 0 Å². The highest BCUT2D eigenvalue weighted by molar-refractivity contribution is 6.31. The van der Waals surface area contributed by atoms with Gasteiger partial charge in [-0.3, -0.25) is 14.5 Å². The van der Waals surface area contributed by atoms with Gasteiger partial charge in [-0.15, -0.1) is 0 Å². The number of hydrogen-bond acceptors (Lipinski definition) is 5. The number of rotatable bonds is 8. The zero-order valence-electron chi connectivity index (χ0n) is 20.2. The van der Waals surface area contributed by atoms with Crippen molar-refractivity contribution in [2.45, 2.75) is 37.6 Å². The van der Waals surface area contributed by atoms with Crippen molar-refractivity contribution in [3.63, 3.8) is 0 Å². The number of anilines is 2. The lowest BCUT2D eigenvalue weighted by atomic mass is 10.1. The number of piperazine rings is 1. The minimum Gasteiger partial charge on any atom is -0.380 e. The lowest BCUT2D eigenvalue weighted by molar-refractivity contribution is -0.138. The van der Waals surface area contributed by atoms with Gasteiger partial charge in [-0.2, -0.15) is 13.2 Å². The van der Waals surface area contributed by atoms with E-state index >= 15 is 0 Å². The summed E-state index contributed by atoms with van der Waals surface area (Å²) in [4.78, 5) is 28.3. The molecule has 3 N–H and O–H groups in total. The molecule has 2 aliphatic rings. The van der Waals surface area contributed by atoms with Crippen LogP contribution in [0.2, 0.25) is 5.02 Å².